The van der Waals surface area contributed by atoms with Crippen molar-refractivity contribution in [1.82, 2.24) is 0 Å². The van der Waals surface area contributed by atoms with E-state index in [1.54, 1.807) is 0 Å². The van der Waals surface area contributed by atoms with Crippen molar-refractivity contribution < 1.29 is 14.7 Å². The van der Waals surface area contributed by atoms with Crippen molar-refractivity contribution in [3.05, 3.63) is 5.53 Å². The van der Waals surface area contributed by atoms with Gasteiger partial charge in [0.15, 0.2) is 0 Å². The van der Waals surface area contributed by atoms with Gasteiger partial charge in [0.2, 0.25) is 0 Å². The Kier molecular flexibility index (Phi) is 3.49. The van der Waals surface area contributed by atoms with E-state index in [0.29, 0.717) is 6.21 Å². The number of ketones is 1. The highest BCUT2D eigenvalue weighted by Gasteiger charge is 2.19. The molecule has 0 aromatic rings. The summed E-state index contributed by atoms with van der Waals surface area (Å²) in [6, 6.07) is -1.00. The predicted octanol–water partition coefficient (Wildman–Crippen LogP) is -1.44. The van der Waals surface area contributed by atoms with E-state index in [1.807, 2.05) is 0 Å². The van der Waals surface area contributed by atoms with Gasteiger partial charge in [-0.1, -0.05) is 0 Å². The van der Waals surface area contributed by atoms with Crippen LogP contribution in [0.5, 0.6) is 0 Å². The fraction of sp³-hybridized carbons (Fsp3) is 0.600. The van der Waals surface area contributed by atoms with Crippen LogP contribution in [0.25, 0.3) is 5.53 Å². The zero-order valence-corrected chi connectivity index (χ0v) is 5.56. The quantitative estimate of drug-likeness (QED) is 0.287. The van der Waals surface area contributed by atoms with E-state index in [1.165, 1.54) is 6.92 Å². The third kappa shape index (κ3) is 2.50. The molecule has 0 saturated heterocycles. The molecule has 5 nitrogen and oxygen atoms in total. The van der Waals surface area contributed by atoms with Crippen molar-refractivity contribution in [2.24, 2.45) is 5.73 Å². The van der Waals surface area contributed by atoms with Gasteiger partial charge in [-0.25, -0.2) is 0 Å². The Morgan fingerprint density at radius 2 is 2.40 bits per heavy atom. The van der Waals surface area contributed by atoms with Gasteiger partial charge in [0, 0.05) is 0 Å². The number of nitrogens with zero attached hydrogens (tertiary/aromatic N) is 2. The number of hydrogen-bond donors (Lipinski definition) is 2. The lowest BCUT2D eigenvalue weighted by Crippen LogP contribution is -2.40. The van der Waals surface area contributed by atoms with Crippen LogP contribution in [0.2, 0.25) is 0 Å². The molecular weight excluding hydrogens is 134 g/mol. The van der Waals surface area contributed by atoms with E-state index in [-0.39, 0.29) is 0 Å². The van der Waals surface area contributed by atoms with Gasteiger partial charge < -0.3 is 16.4 Å². The van der Waals surface area contributed by atoms with Crippen molar-refractivity contribution in [2.75, 3.05) is 0 Å². The van der Waals surface area contributed by atoms with Crippen molar-refractivity contribution >= 4 is 12.0 Å². The normalized spacial score (nSPS) is 15.1. The van der Waals surface area contributed by atoms with Crippen LogP contribution < -0.4 is 5.73 Å². The second kappa shape index (κ2) is 3.90. The van der Waals surface area contributed by atoms with Crippen LogP contribution >= 0.6 is 0 Å². The average Bonchev–Trinajstić information content (AvgIpc) is 1.87. The monoisotopic (exact) mass is 143 g/mol. The average molecular weight is 143 g/mol. The molecule has 5 heteroatoms. The summed E-state index contributed by atoms with van der Waals surface area (Å²) in [5, 5.41) is 8.73. The minimum atomic E-state index is -1.00. The lowest BCUT2D eigenvalue weighted by Gasteiger charge is -2.06. The van der Waals surface area contributed by atoms with Crippen molar-refractivity contribution in [3.8, 4) is 0 Å². The topological polar surface area (TPSA) is 99.7 Å². The van der Waals surface area contributed by atoms with Crippen LogP contribution in [0.4, 0.5) is 0 Å². The molecule has 0 rings (SSSR count). The lowest BCUT2D eigenvalue weighted by molar-refractivity contribution is -0.119. The molecule has 0 bridgehead atoms. The smallest absolute Gasteiger partial charge is 0.324 e. The van der Waals surface area contributed by atoms with Gasteiger partial charge in [0.25, 0.3) is 5.78 Å². The van der Waals surface area contributed by atoms with E-state index in [4.69, 9.17) is 16.4 Å². The first kappa shape index (κ1) is 8.97. The molecule has 0 fully saturated rings. The number of carbonyl (C=O) groups is 1. The summed E-state index contributed by atoms with van der Waals surface area (Å²) in [6.45, 7) is 1.38. The molecule has 0 aliphatic carbocycles. The molecule has 0 aliphatic rings. The van der Waals surface area contributed by atoms with Crippen molar-refractivity contribution in [1.29, 1.82) is 0 Å². The number of Topliss-reactive ketones (excluding diaryl/α,β-unsaturated/α-hetero) is 1. The number of nitrogens with two attached hydrogens (primary N) is 1. The van der Waals surface area contributed by atoms with E-state index >= 15 is 0 Å². The first-order valence-corrected chi connectivity index (χ1v) is 2.74. The Morgan fingerprint density at radius 1 is 1.90 bits per heavy atom. The number of carbonyl (C=O) groups excluding carboxylic acids is 1. The molecule has 3 N–H and O–H groups in total. The van der Waals surface area contributed by atoms with Crippen molar-refractivity contribution in [2.45, 2.75) is 19.1 Å². The molecule has 0 amide bonds. The molecule has 0 radical (unpaired) electrons. The molecule has 2 atom stereocenters. The number of hydrogen-bond acceptors (Lipinski definition) is 3. The van der Waals surface area contributed by atoms with Gasteiger partial charge in [-0.3, -0.25) is 4.79 Å². The molecule has 10 heavy (non-hydrogen) atoms. The number of aliphatic hydroxyl groups excluding tert-OH is 1. The van der Waals surface area contributed by atoms with Gasteiger partial charge in [-0.15, -0.1) is 0 Å². The summed E-state index contributed by atoms with van der Waals surface area (Å²) in [7, 11) is 0. The van der Waals surface area contributed by atoms with Crippen LogP contribution in [-0.2, 0) is 4.79 Å². The van der Waals surface area contributed by atoms with Gasteiger partial charge in [0.05, 0.1) is 6.10 Å². The molecule has 0 heterocycles. The molecule has 0 spiro atoms. The summed E-state index contributed by atoms with van der Waals surface area (Å²) < 4.78 is 0. The second-order valence-corrected chi connectivity index (χ2v) is 1.91. The van der Waals surface area contributed by atoms with E-state index < -0.39 is 17.9 Å². The van der Waals surface area contributed by atoms with Crippen LogP contribution in [0.3, 0.4) is 0 Å². The summed E-state index contributed by atoms with van der Waals surface area (Å²) in [5.74, 6) is -0.600. The Hall–Kier alpha value is -1.03. The van der Waals surface area contributed by atoms with Gasteiger partial charge in [-0.2, -0.15) is 4.79 Å². The fourth-order valence-electron chi connectivity index (χ4n) is 0.381. The molecular formula is C5H9N3O2. The first-order valence-electron chi connectivity index (χ1n) is 2.74. The summed E-state index contributed by atoms with van der Waals surface area (Å²) in [6.07, 6.45) is -0.261. The fourth-order valence-corrected chi connectivity index (χ4v) is 0.381. The molecule has 0 aliphatic heterocycles. The van der Waals surface area contributed by atoms with E-state index in [9.17, 15) is 4.79 Å². The predicted molar refractivity (Wildman–Crippen MR) is 34.3 cm³/mol. The summed E-state index contributed by atoms with van der Waals surface area (Å²) in [5.41, 5.74) is 13.0. The van der Waals surface area contributed by atoms with Crippen LogP contribution in [0.15, 0.2) is 0 Å². The van der Waals surface area contributed by atoms with Gasteiger partial charge >= 0.3 is 6.21 Å². The molecule has 0 aromatic carbocycles. The Morgan fingerprint density at radius 3 is 2.70 bits per heavy atom. The third-order valence-electron chi connectivity index (χ3n) is 1.03. The van der Waals surface area contributed by atoms with Crippen molar-refractivity contribution in [3.63, 3.8) is 0 Å². The van der Waals surface area contributed by atoms with E-state index in [0.717, 1.165) is 0 Å². The Labute approximate surface area is 58.1 Å². The maximum Gasteiger partial charge on any atom is 0.324 e. The van der Waals surface area contributed by atoms with E-state index in [2.05, 4.69) is 4.79 Å². The molecule has 0 unspecified atom stereocenters. The largest absolute Gasteiger partial charge is 0.391 e. The maximum absolute atomic E-state index is 10.6. The van der Waals surface area contributed by atoms with Gasteiger partial charge in [-0.05, 0) is 6.92 Å². The SMILES string of the molecule is C[C@@H](O)[C@H](N)C(=O)C=[N+]=[N-]. The summed E-state index contributed by atoms with van der Waals surface area (Å²) >= 11 is 0. The molecule has 56 valence electrons. The minimum absolute atomic E-state index is 0.600. The van der Waals surface area contributed by atoms with Crippen LogP contribution in [0.1, 0.15) is 6.92 Å². The minimum Gasteiger partial charge on any atom is -0.391 e. The second-order valence-electron chi connectivity index (χ2n) is 1.91. The zero-order chi connectivity index (χ0) is 8.15. The highest BCUT2D eigenvalue weighted by Crippen LogP contribution is 1.86. The number of rotatable bonds is 3. The molecule has 0 aromatic heterocycles. The number of aliphatic hydroxyl groups is 1. The molecule has 0 saturated carbocycles. The standard InChI is InChI=1S/C5H9N3O2/c1-3(9)5(6)4(10)2-8-7/h2-3,5,9H,6H2,1H3/t3-,5+/m1/s1. The zero-order valence-electron chi connectivity index (χ0n) is 5.56. The first-order chi connectivity index (χ1) is 4.59. The lowest BCUT2D eigenvalue weighted by atomic mass is 10.1. The van der Waals surface area contributed by atoms with Crippen LogP contribution in [-0.4, -0.2) is 34.0 Å². The maximum atomic E-state index is 10.6. The highest BCUT2D eigenvalue weighted by molar-refractivity contribution is 6.27. The summed E-state index contributed by atoms with van der Waals surface area (Å²) in [4.78, 5) is 13.1. The third-order valence-corrected chi connectivity index (χ3v) is 1.03. The van der Waals surface area contributed by atoms with Gasteiger partial charge in [0.1, 0.15) is 6.04 Å². The Balaban J connectivity index is 4.07. The Bertz CT molecular complexity index is 172. The highest BCUT2D eigenvalue weighted by atomic mass is 16.3. The van der Waals surface area contributed by atoms with Crippen LogP contribution in [0, 0.1) is 0 Å².